The second kappa shape index (κ2) is 5.47. The Labute approximate surface area is 104 Å². The fraction of sp³-hybridized carbons (Fsp3) is 0.400. The SMILES string of the molecule is NCc1cnc(CC(=O)O)c(C(F)(F)F)c1C(F)F. The summed E-state index contributed by atoms with van der Waals surface area (Å²) in [7, 11) is 0. The van der Waals surface area contributed by atoms with Crippen LogP contribution in [0.4, 0.5) is 22.0 Å². The van der Waals surface area contributed by atoms with Crippen LogP contribution in [0.3, 0.4) is 0 Å². The van der Waals surface area contributed by atoms with Crippen molar-refractivity contribution in [2.75, 3.05) is 0 Å². The summed E-state index contributed by atoms with van der Waals surface area (Å²) in [5, 5.41) is 8.49. The summed E-state index contributed by atoms with van der Waals surface area (Å²) in [6.07, 6.45) is -8.91. The fourth-order valence-electron chi connectivity index (χ4n) is 1.61. The number of nitrogens with zero attached hydrogens (tertiary/aromatic N) is 1. The Kier molecular flexibility index (Phi) is 4.40. The third-order valence-electron chi connectivity index (χ3n) is 2.32. The van der Waals surface area contributed by atoms with E-state index < -0.39 is 53.9 Å². The van der Waals surface area contributed by atoms with E-state index in [9.17, 15) is 26.7 Å². The molecular formula is C10H9F5N2O2. The Hall–Kier alpha value is -1.77. The molecule has 9 heteroatoms. The predicted molar refractivity (Wildman–Crippen MR) is 53.4 cm³/mol. The molecule has 0 aromatic carbocycles. The standard InChI is InChI=1S/C10H9F5N2O2/c11-9(12)7-4(2-16)3-17-5(1-6(18)19)8(7)10(13,14)15/h3,9H,1-2,16H2,(H,18,19). The van der Waals surface area contributed by atoms with E-state index in [0.717, 1.165) is 6.20 Å². The van der Waals surface area contributed by atoms with E-state index >= 15 is 0 Å². The Bertz CT molecular complexity index is 488. The normalized spacial score (nSPS) is 11.9. The molecule has 0 atom stereocenters. The van der Waals surface area contributed by atoms with Crippen molar-refractivity contribution < 1.29 is 31.9 Å². The zero-order valence-electron chi connectivity index (χ0n) is 9.34. The van der Waals surface area contributed by atoms with Gasteiger partial charge < -0.3 is 10.8 Å². The number of aliphatic carboxylic acids is 1. The highest BCUT2D eigenvalue weighted by atomic mass is 19.4. The van der Waals surface area contributed by atoms with Crippen molar-refractivity contribution in [1.82, 2.24) is 4.98 Å². The van der Waals surface area contributed by atoms with Gasteiger partial charge in [0.1, 0.15) is 0 Å². The minimum Gasteiger partial charge on any atom is -0.481 e. The molecule has 1 rings (SSSR count). The Morgan fingerprint density at radius 1 is 1.42 bits per heavy atom. The summed E-state index contributed by atoms with van der Waals surface area (Å²) < 4.78 is 64.1. The summed E-state index contributed by atoms with van der Waals surface area (Å²) in [6, 6.07) is 0. The van der Waals surface area contributed by atoms with Gasteiger partial charge in [-0.2, -0.15) is 13.2 Å². The van der Waals surface area contributed by atoms with Crippen LogP contribution in [0, 0.1) is 0 Å². The molecule has 1 aromatic heterocycles. The molecule has 0 aliphatic rings. The maximum atomic E-state index is 12.8. The number of pyridine rings is 1. The van der Waals surface area contributed by atoms with Gasteiger partial charge in [0.05, 0.1) is 17.7 Å². The molecule has 0 aliphatic heterocycles. The lowest BCUT2D eigenvalue weighted by atomic mass is 9.99. The molecule has 1 aromatic rings. The predicted octanol–water partition coefficient (Wildman–Crippen LogP) is 2.12. The van der Waals surface area contributed by atoms with Crippen molar-refractivity contribution in [3.05, 3.63) is 28.6 Å². The lowest BCUT2D eigenvalue weighted by Gasteiger charge is -2.18. The first kappa shape index (κ1) is 15.3. The molecule has 0 bridgehead atoms. The van der Waals surface area contributed by atoms with E-state index in [-0.39, 0.29) is 0 Å². The van der Waals surface area contributed by atoms with Gasteiger partial charge >= 0.3 is 12.1 Å². The van der Waals surface area contributed by atoms with Crippen molar-refractivity contribution >= 4 is 5.97 Å². The smallest absolute Gasteiger partial charge is 0.418 e. The number of rotatable bonds is 4. The lowest BCUT2D eigenvalue weighted by Crippen LogP contribution is -2.20. The van der Waals surface area contributed by atoms with E-state index in [4.69, 9.17) is 10.8 Å². The average Bonchev–Trinajstić information content (AvgIpc) is 2.25. The Balaban J connectivity index is 3.59. The van der Waals surface area contributed by atoms with Gasteiger partial charge in [-0.3, -0.25) is 9.78 Å². The molecule has 0 saturated heterocycles. The van der Waals surface area contributed by atoms with E-state index in [1.54, 1.807) is 0 Å². The molecular weight excluding hydrogens is 275 g/mol. The van der Waals surface area contributed by atoms with E-state index in [1.165, 1.54) is 0 Å². The third kappa shape index (κ3) is 3.37. The van der Waals surface area contributed by atoms with Crippen molar-refractivity contribution in [2.24, 2.45) is 5.73 Å². The zero-order valence-corrected chi connectivity index (χ0v) is 9.34. The van der Waals surface area contributed by atoms with Crippen LogP contribution in [0.2, 0.25) is 0 Å². The molecule has 0 spiro atoms. The number of halogens is 5. The van der Waals surface area contributed by atoms with Crippen LogP contribution >= 0.6 is 0 Å². The number of carbonyl (C=O) groups is 1. The third-order valence-corrected chi connectivity index (χ3v) is 2.32. The van der Waals surface area contributed by atoms with Crippen LogP contribution in [0.15, 0.2) is 6.20 Å². The molecule has 19 heavy (non-hydrogen) atoms. The van der Waals surface area contributed by atoms with Crippen LogP contribution in [-0.2, 0) is 23.9 Å². The summed E-state index contributed by atoms with van der Waals surface area (Å²) in [6.45, 7) is -0.552. The van der Waals surface area contributed by atoms with Gasteiger partial charge in [-0.25, -0.2) is 8.78 Å². The summed E-state index contributed by atoms with van der Waals surface area (Å²) in [4.78, 5) is 13.7. The molecule has 0 radical (unpaired) electrons. The molecule has 0 aliphatic carbocycles. The van der Waals surface area contributed by atoms with Gasteiger partial charge in [0.2, 0.25) is 0 Å². The second-order valence-electron chi connectivity index (χ2n) is 3.59. The van der Waals surface area contributed by atoms with Gasteiger partial charge in [-0.1, -0.05) is 0 Å². The Morgan fingerprint density at radius 3 is 2.37 bits per heavy atom. The highest BCUT2D eigenvalue weighted by Crippen LogP contribution is 2.39. The van der Waals surface area contributed by atoms with Crippen LogP contribution in [0.25, 0.3) is 0 Å². The number of nitrogens with two attached hydrogens (primary N) is 1. The maximum absolute atomic E-state index is 12.8. The summed E-state index contributed by atoms with van der Waals surface area (Å²) >= 11 is 0. The molecule has 0 saturated carbocycles. The van der Waals surface area contributed by atoms with Gasteiger partial charge in [0.25, 0.3) is 6.43 Å². The topological polar surface area (TPSA) is 76.2 Å². The van der Waals surface area contributed by atoms with Crippen LogP contribution in [0.5, 0.6) is 0 Å². The first-order valence-electron chi connectivity index (χ1n) is 4.96. The van der Waals surface area contributed by atoms with E-state index in [1.807, 2.05) is 0 Å². The first-order chi connectivity index (χ1) is 8.68. The number of hydrogen-bond acceptors (Lipinski definition) is 3. The largest absolute Gasteiger partial charge is 0.481 e. The number of aromatic nitrogens is 1. The van der Waals surface area contributed by atoms with Crippen LogP contribution in [0.1, 0.15) is 28.8 Å². The number of alkyl halides is 5. The molecule has 0 amide bonds. The summed E-state index contributed by atoms with van der Waals surface area (Å²) in [5.74, 6) is -1.60. The minimum absolute atomic E-state index is 0.462. The zero-order chi connectivity index (χ0) is 14.8. The molecule has 0 fully saturated rings. The number of carboxylic acids is 1. The highest BCUT2D eigenvalue weighted by Gasteiger charge is 2.40. The van der Waals surface area contributed by atoms with Gasteiger partial charge in [-0.05, 0) is 5.56 Å². The van der Waals surface area contributed by atoms with Gasteiger partial charge in [0.15, 0.2) is 0 Å². The summed E-state index contributed by atoms with van der Waals surface area (Å²) in [5.41, 5.74) is 0.663. The van der Waals surface area contributed by atoms with Gasteiger partial charge in [0, 0.05) is 18.3 Å². The molecule has 3 N–H and O–H groups in total. The second-order valence-corrected chi connectivity index (χ2v) is 3.59. The van der Waals surface area contributed by atoms with E-state index in [0.29, 0.717) is 0 Å². The molecule has 1 heterocycles. The quantitative estimate of drug-likeness (QED) is 0.830. The lowest BCUT2D eigenvalue weighted by molar-refractivity contribution is -0.141. The average molecular weight is 284 g/mol. The van der Waals surface area contributed by atoms with E-state index in [2.05, 4.69) is 4.98 Å². The molecule has 4 nitrogen and oxygen atoms in total. The van der Waals surface area contributed by atoms with Crippen molar-refractivity contribution in [2.45, 2.75) is 25.6 Å². The van der Waals surface area contributed by atoms with Crippen molar-refractivity contribution in [1.29, 1.82) is 0 Å². The number of carboxylic acid groups (broad SMARTS) is 1. The highest BCUT2D eigenvalue weighted by molar-refractivity contribution is 5.70. The fourth-order valence-corrected chi connectivity index (χ4v) is 1.61. The molecule has 0 unspecified atom stereocenters. The van der Waals surface area contributed by atoms with Crippen LogP contribution < -0.4 is 5.73 Å². The van der Waals surface area contributed by atoms with Crippen molar-refractivity contribution in [3.8, 4) is 0 Å². The Morgan fingerprint density at radius 2 is 2.00 bits per heavy atom. The monoisotopic (exact) mass is 284 g/mol. The minimum atomic E-state index is -5.13. The maximum Gasteiger partial charge on any atom is 0.418 e. The first-order valence-corrected chi connectivity index (χ1v) is 4.96. The molecule has 106 valence electrons. The number of hydrogen-bond donors (Lipinski definition) is 2. The van der Waals surface area contributed by atoms with Gasteiger partial charge in [-0.15, -0.1) is 0 Å². The van der Waals surface area contributed by atoms with Crippen LogP contribution in [-0.4, -0.2) is 16.1 Å². The van der Waals surface area contributed by atoms with Crippen molar-refractivity contribution in [3.63, 3.8) is 0 Å².